The first-order valence-electron chi connectivity index (χ1n) is 6.62. The summed E-state index contributed by atoms with van der Waals surface area (Å²) in [5, 5.41) is 0.880. The van der Waals surface area contributed by atoms with Crippen LogP contribution in [0.5, 0.6) is 0 Å². The predicted octanol–water partition coefficient (Wildman–Crippen LogP) is 2.81. The van der Waals surface area contributed by atoms with E-state index in [0.717, 1.165) is 24.1 Å². The van der Waals surface area contributed by atoms with Crippen LogP contribution in [0.3, 0.4) is 0 Å². The first kappa shape index (κ1) is 13.6. The number of hydrogen-bond acceptors (Lipinski definition) is 3. The largest absolute Gasteiger partial charge is 0.370 e. The maximum atomic E-state index is 12.1. The van der Waals surface area contributed by atoms with Gasteiger partial charge >= 0.3 is 0 Å². The van der Waals surface area contributed by atoms with Crippen LogP contribution in [0.15, 0.2) is 18.5 Å². The first-order valence-corrected chi connectivity index (χ1v) is 9.22. The summed E-state index contributed by atoms with van der Waals surface area (Å²) in [6.07, 6.45) is 4.93. The molecule has 0 spiro atoms. The van der Waals surface area contributed by atoms with Crippen LogP contribution in [0.4, 0.5) is 5.69 Å². The molecule has 2 heterocycles. The molecule has 0 saturated carbocycles. The zero-order chi connectivity index (χ0) is 13.3. The number of anilines is 1. The van der Waals surface area contributed by atoms with Crippen LogP contribution in [-0.4, -0.2) is 31.4 Å². The molecule has 0 radical (unpaired) electrons. The number of pyridine rings is 1. The van der Waals surface area contributed by atoms with Gasteiger partial charge in [-0.3, -0.25) is 4.98 Å². The molecule has 1 aromatic rings. The molecule has 0 bridgehead atoms. The standard InChI is InChI=1S/C14H23N2OP/c1-11-5-12(2)10-16(9-11)13-6-14(8-15-7-13)18(3,4)17/h6-8,11-12H,5,9-10H2,1-4H3. The van der Waals surface area contributed by atoms with Crippen molar-refractivity contribution in [2.24, 2.45) is 11.8 Å². The number of hydrogen-bond donors (Lipinski definition) is 0. The van der Waals surface area contributed by atoms with Crippen LogP contribution < -0.4 is 10.2 Å². The lowest BCUT2D eigenvalue weighted by molar-refractivity contribution is 0.357. The predicted molar refractivity (Wildman–Crippen MR) is 78.5 cm³/mol. The molecule has 1 fully saturated rings. The van der Waals surface area contributed by atoms with Crippen LogP contribution in [0, 0.1) is 11.8 Å². The molecule has 2 unspecified atom stereocenters. The lowest BCUT2D eigenvalue weighted by Crippen LogP contribution is -2.39. The Morgan fingerprint density at radius 2 is 1.83 bits per heavy atom. The van der Waals surface area contributed by atoms with Crippen molar-refractivity contribution in [2.45, 2.75) is 20.3 Å². The van der Waals surface area contributed by atoms with Crippen molar-refractivity contribution in [1.29, 1.82) is 0 Å². The maximum Gasteiger partial charge on any atom is 0.111 e. The fourth-order valence-electron chi connectivity index (χ4n) is 2.76. The Labute approximate surface area is 110 Å². The normalized spacial score (nSPS) is 25.2. The second-order valence-electron chi connectivity index (χ2n) is 6.10. The van der Waals surface area contributed by atoms with Crippen LogP contribution in [0.25, 0.3) is 0 Å². The van der Waals surface area contributed by atoms with E-state index in [0.29, 0.717) is 11.8 Å². The summed E-state index contributed by atoms with van der Waals surface area (Å²) in [5.74, 6) is 1.43. The van der Waals surface area contributed by atoms with Crippen LogP contribution in [0.1, 0.15) is 20.3 Å². The summed E-state index contributed by atoms with van der Waals surface area (Å²) < 4.78 is 12.1. The minimum atomic E-state index is -2.22. The summed E-state index contributed by atoms with van der Waals surface area (Å²) in [7, 11) is -2.22. The Balaban J connectivity index is 2.25. The molecule has 1 saturated heterocycles. The third kappa shape index (κ3) is 3.14. The molecule has 4 heteroatoms. The van der Waals surface area contributed by atoms with Gasteiger partial charge in [-0.1, -0.05) is 13.8 Å². The van der Waals surface area contributed by atoms with Gasteiger partial charge in [-0.15, -0.1) is 0 Å². The van der Waals surface area contributed by atoms with E-state index >= 15 is 0 Å². The van der Waals surface area contributed by atoms with Gasteiger partial charge in [-0.25, -0.2) is 0 Å². The highest BCUT2D eigenvalue weighted by atomic mass is 31.2. The highest BCUT2D eigenvalue weighted by Crippen LogP contribution is 2.35. The Hall–Kier alpha value is -0.820. The molecule has 2 atom stereocenters. The average molecular weight is 266 g/mol. The maximum absolute atomic E-state index is 12.1. The SMILES string of the molecule is CC1CC(C)CN(c2cncc(P(C)(C)=O)c2)C1. The highest BCUT2D eigenvalue weighted by Gasteiger charge is 2.23. The van der Waals surface area contributed by atoms with Crippen molar-refractivity contribution in [2.75, 3.05) is 31.3 Å². The monoisotopic (exact) mass is 266 g/mol. The molecule has 0 N–H and O–H groups in total. The Morgan fingerprint density at radius 1 is 1.22 bits per heavy atom. The second kappa shape index (κ2) is 5.05. The smallest absolute Gasteiger partial charge is 0.111 e. The van der Waals surface area contributed by atoms with Gasteiger partial charge in [-0.05, 0) is 37.7 Å². The minimum Gasteiger partial charge on any atom is -0.370 e. The van der Waals surface area contributed by atoms with Crippen molar-refractivity contribution < 1.29 is 4.57 Å². The van der Waals surface area contributed by atoms with Crippen LogP contribution in [0.2, 0.25) is 0 Å². The summed E-state index contributed by atoms with van der Waals surface area (Å²) >= 11 is 0. The summed E-state index contributed by atoms with van der Waals surface area (Å²) in [6.45, 7) is 10.3. The van der Waals surface area contributed by atoms with E-state index < -0.39 is 7.14 Å². The lowest BCUT2D eigenvalue weighted by atomic mass is 9.92. The summed E-state index contributed by atoms with van der Waals surface area (Å²) in [4.78, 5) is 6.64. The third-order valence-electron chi connectivity index (χ3n) is 3.57. The molecule has 2 rings (SSSR count). The van der Waals surface area contributed by atoms with E-state index in [1.807, 2.05) is 6.20 Å². The highest BCUT2D eigenvalue weighted by molar-refractivity contribution is 7.70. The molecular formula is C14H23N2OP. The van der Waals surface area contributed by atoms with Crippen LogP contribution in [-0.2, 0) is 4.57 Å². The van der Waals surface area contributed by atoms with Crippen molar-refractivity contribution in [3.63, 3.8) is 0 Å². The van der Waals surface area contributed by atoms with Gasteiger partial charge in [0.05, 0.1) is 11.9 Å². The van der Waals surface area contributed by atoms with E-state index in [4.69, 9.17) is 0 Å². The zero-order valence-electron chi connectivity index (χ0n) is 11.8. The quantitative estimate of drug-likeness (QED) is 0.772. The summed E-state index contributed by atoms with van der Waals surface area (Å²) in [6, 6.07) is 2.05. The molecule has 0 aliphatic carbocycles. The Morgan fingerprint density at radius 3 is 2.39 bits per heavy atom. The van der Waals surface area contributed by atoms with Gasteiger partial charge in [0.15, 0.2) is 0 Å². The molecule has 18 heavy (non-hydrogen) atoms. The molecule has 3 nitrogen and oxygen atoms in total. The van der Waals surface area contributed by atoms with Crippen molar-refractivity contribution in [3.05, 3.63) is 18.5 Å². The van der Waals surface area contributed by atoms with Crippen molar-refractivity contribution >= 4 is 18.1 Å². The van der Waals surface area contributed by atoms with E-state index in [1.165, 1.54) is 6.42 Å². The van der Waals surface area contributed by atoms with Crippen molar-refractivity contribution in [3.8, 4) is 0 Å². The topological polar surface area (TPSA) is 33.2 Å². The molecular weight excluding hydrogens is 243 g/mol. The molecule has 1 aliphatic heterocycles. The molecule has 1 aliphatic rings. The van der Waals surface area contributed by atoms with E-state index in [2.05, 4.69) is 29.8 Å². The Kier molecular flexibility index (Phi) is 3.82. The molecule has 0 amide bonds. The molecule has 1 aromatic heterocycles. The van der Waals surface area contributed by atoms with E-state index in [9.17, 15) is 4.57 Å². The Bertz CT molecular complexity index is 459. The first-order chi connectivity index (χ1) is 8.36. The third-order valence-corrected chi connectivity index (χ3v) is 5.05. The lowest BCUT2D eigenvalue weighted by Gasteiger charge is -2.36. The molecule has 0 aromatic carbocycles. The summed E-state index contributed by atoms with van der Waals surface area (Å²) in [5.41, 5.74) is 1.12. The van der Waals surface area contributed by atoms with Gasteiger partial charge < -0.3 is 9.46 Å². The second-order valence-corrected chi connectivity index (χ2v) is 9.32. The van der Waals surface area contributed by atoms with Crippen LogP contribution >= 0.6 is 7.14 Å². The van der Waals surface area contributed by atoms with Gasteiger partial charge in [0.1, 0.15) is 7.14 Å². The minimum absolute atomic E-state index is 0.715. The number of aromatic nitrogens is 1. The fraction of sp³-hybridized carbons (Fsp3) is 0.643. The van der Waals surface area contributed by atoms with Gasteiger partial charge in [-0.2, -0.15) is 0 Å². The number of piperidine rings is 1. The van der Waals surface area contributed by atoms with E-state index in [1.54, 1.807) is 19.5 Å². The van der Waals surface area contributed by atoms with Crippen molar-refractivity contribution in [1.82, 2.24) is 4.98 Å². The van der Waals surface area contributed by atoms with E-state index in [-0.39, 0.29) is 0 Å². The fourth-order valence-corrected chi connectivity index (χ4v) is 3.55. The average Bonchev–Trinajstić information content (AvgIpc) is 2.27. The zero-order valence-corrected chi connectivity index (χ0v) is 12.7. The number of nitrogens with zero attached hydrogens (tertiary/aromatic N) is 2. The number of rotatable bonds is 2. The van der Waals surface area contributed by atoms with Gasteiger partial charge in [0.25, 0.3) is 0 Å². The van der Waals surface area contributed by atoms with Gasteiger partial charge in [0, 0.05) is 24.6 Å². The molecule has 100 valence electrons. The van der Waals surface area contributed by atoms with Gasteiger partial charge in [0.2, 0.25) is 0 Å².